The Kier molecular flexibility index (Phi) is 3.10. The van der Waals surface area contributed by atoms with E-state index in [1.54, 1.807) is 12.3 Å². The van der Waals surface area contributed by atoms with Gasteiger partial charge in [-0.25, -0.2) is 9.97 Å². The van der Waals surface area contributed by atoms with Crippen LogP contribution >= 0.6 is 23.2 Å². The number of halogens is 2. The lowest BCUT2D eigenvalue weighted by Gasteiger charge is -2.21. The fourth-order valence-electron chi connectivity index (χ4n) is 1.31. The molecule has 0 aliphatic heterocycles. The Labute approximate surface area is 109 Å². The van der Waals surface area contributed by atoms with E-state index in [4.69, 9.17) is 27.9 Å². The van der Waals surface area contributed by atoms with Crippen LogP contribution in [0.5, 0.6) is 5.88 Å². The SMILES string of the molecule is CC(C)(C)Oc1nc(Cl)nc2cc(Cl)ncc12. The van der Waals surface area contributed by atoms with E-state index in [2.05, 4.69) is 15.0 Å². The van der Waals surface area contributed by atoms with E-state index in [1.807, 2.05) is 20.8 Å². The van der Waals surface area contributed by atoms with Gasteiger partial charge in [0, 0.05) is 12.3 Å². The molecule has 0 saturated heterocycles. The molecule has 0 fully saturated rings. The summed E-state index contributed by atoms with van der Waals surface area (Å²) in [6, 6.07) is 1.62. The summed E-state index contributed by atoms with van der Waals surface area (Å²) in [7, 11) is 0. The Morgan fingerprint density at radius 2 is 1.88 bits per heavy atom. The van der Waals surface area contributed by atoms with Crippen LogP contribution < -0.4 is 4.74 Å². The first kappa shape index (κ1) is 12.3. The third-order valence-electron chi connectivity index (χ3n) is 1.89. The summed E-state index contributed by atoms with van der Waals surface area (Å²) in [6.07, 6.45) is 1.58. The van der Waals surface area contributed by atoms with Crippen LogP contribution in [-0.4, -0.2) is 20.6 Å². The number of pyridine rings is 1. The van der Waals surface area contributed by atoms with Gasteiger partial charge in [-0.15, -0.1) is 0 Å². The molecule has 2 aromatic heterocycles. The zero-order valence-corrected chi connectivity index (χ0v) is 11.2. The van der Waals surface area contributed by atoms with Gasteiger partial charge >= 0.3 is 0 Å². The highest BCUT2D eigenvalue weighted by atomic mass is 35.5. The molecule has 0 spiro atoms. The minimum atomic E-state index is -0.371. The molecule has 0 aliphatic rings. The first-order valence-corrected chi connectivity index (χ1v) is 5.78. The van der Waals surface area contributed by atoms with Crippen LogP contribution in [0.2, 0.25) is 10.4 Å². The second-order valence-corrected chi connectivity index (χ2v) is 5.26. The van der Waals surface area contributed by atoms with Crippen LogP contribution in [0.25, 0.3) is 10.9 Å². The van der Waals surface area contributed by atoms with E-state index in [0.29, 0.717) is 21.9 Å². The van der Waals surface area contributed by atoms with Crippen molar-refractivity contribution in [2.45, 2.75) is 26.4 Å². The van der Waals surface area contributed by atoms with E-state index >= 15 is 0 Å². The van der Waals surface area contributed by atoms with Gasteiger partial charge in [-0.2, -0.15) is 4.98 Å². The van der Waals surface area contributed by atoms with Gasteiger partial charge in [-0.05, 0) is 32.4 Å². The van der Waals surface area contributed by atoms with Crippen molar-refractivity contribution in [1.82, 2.24) is 15.0 Å². The Morgan fingerprint density at radius 1 is 1.18 bits per heavy atom. The second-order valence-electron chi connectivity index (χ2n) is 4.54. The van der Waals surface area contributed by atoms with Crippen LogP contribution in [-0.2, 0) is 0 Å². The van der Waals surface area contributed by atoms with E-state index in [1.165, 1.54) is 0 Å². The zero-order valence-electron chi connectivity index (χ0n) is 9.66. The molecular formula is C11H11Cl2N3O. The number of hydrogen-bond donors (Lipinski definition) is 0. The third-order valence-corrected chi connectivity index (χ3v) is 2.26. The normalized spacial score (nSPS) is 11.8. The van der Waals surface area contributed by atoms with Gasteiger partial charge < -0.3 is 4.74 Å². The molecule has 0 aliphatic carbocycles. The van der Waals surface area contributed by atoms with Gasteiger partial charge in [0.15, 0.2) is 0 Å². The van der Waals surface area contributed by atoms with Crippen LogP contribution in [0.4, 0.5) is 0 Å². The van der Waals surface area contributed by atoms with Crippen LogP contribution in [0.1, 0.15) is 20.8 Å². The number of ether oxygens (including phenoxy) is 1. The largest absolute Gasteiger partial charge is 0.471 e. The molecule has 17 heavy (non-hydrogen) atoms. The van der Waals surface area contributed by atoms with Gasteiger partial charge in [0.2, 0.25) is 11.2 Å². The molecule has 0 radical (unpaired) electrons. The van der Waals surface area contributed by atoms with Crippen molar-refractivity contribution >= 4 is 34.1 Å². The highest BCUT2D eigenvalue weighted by molar-refractivity contribution is 6.30. The lowest BCUT2D eigenvalue weighted by Crippen LogP contribution is -2.23. The van der Waals surface area contributed by atoms with Crippen molar-refractivity contribution in [2.75, 3.05) is 0 Å². The molecule has 2 rings (SSSR count). The maximum absolute atomic E-state index is 5.84. The topological polar surface area (TPSA) is 47.9 Å². The fraction of sp³-hybridized carbons (Fsp3) is 0.364. The highest BCUT2D eigenvalue weighted by Gasteiger charge is 2.17. The first-order valence-electron chi connectivity index (χ1n) is 5.03. The van der Waals surface area contributed by atoms with Crippen LogP contribution in [0.3, 0.4) is 0 Å². The smallest absolute Gasteiger partial charge is 0.227 e. The number of rotatable bonds is 1. The Morgan fingerprint density at radius 3 is 2.53 bits per heavy atom. The van der Waals surface area contributed by atoms with Crippen molar-refractivity contribution in [3.63, 3.8) is 0 Å². The predicted molar refractivity (Wildman–Crippen MR) is 67.7 cm³/mol. The molecule has 0 unspecified atom stereocenters. The highest BCUT2D eigenvalue weighted by Crippen LogP contribution is 2.27. The summed E-state index contributed by atoms with van der Waals surface area (Å²) in [5, 5.41) is 1.17. The Bertz CT molecular complexity index is 561. The number of fused-ring (bicyclic) bond motifs is 1. The van der Waals surface area contributed by atoms with Gasteiger partial charge in [0.25, 0.3) is 0 Å². The molecule has 2 heterocycles. The third kappa shape index (κ3) is 2.96. The quantitative estimate of drug-likeness (QED) is 0.588. The monoisotopic (exact) mass is 271 g/mol. The molecule has 0 atom stereocenters. The van der Waals surface area contributed by atoms with Crippen molar-refractivity contribution in [1.29, 1.82) is 0 Å². The molecule has 0 N–H and O–H groups in total. The first-order chi connectivity index (χ1) is 7.85. The summed E-state index contributed by atoms with van der Waals surface area (Å²) in [5.41, 5.74) is 0.244. The van der Waals surface area contributed by atoms with Gasteiger partial charge in [-0.1, -0.05) is 11.6 Å². The molecule has 6 heteroatoms. The van der Waals surface area contributed by atoms with Crippen molar-refractivity contribution in [2.24, 2.45) is 0 Å². The van der Waals surface area contributed by atoms with Crippen molar-refractivity contribution in [3.05, 3.63) is 22.7 Å². The van der Waals surface area contributed by atoms with Gasteiger partial charge in [0.05, 0.1) is 10.9 Å². The molecule has 4 nitrogen and oxygen atoms in total. The lowest BCUT2D eigenvalue weighted by atomic mass is 10.2. The minimum Gasteiger partial charge on any atom is -0.471 e. The molecule has 90 valence electrons. The second kappa shape index (κ2) is 4.27. The molecule has 0 amide bonds. The van der Waals surface area contributed by atoms with Crippen molar-refractivity contribution in [3.8, 4) is 5.88 Å². The summed E-state index contributed by atoms with van der Waals surface area (Å²) in [5.74, 6) is 0.414. The molecule has 2 aromatic rings. The average molecular weight is 272 g/mol. The molecule has 0 bridgehead atoms. The lowest BCUT2D eigenvalue weighted by molar-refractivity contribution is 0.126. The van der Waals surface area contributed by atoms with Crippen molar-refractivity contribution < 1.29 is 4.74 Å². The van der Waals surface area contributed by atoms with E-state index in [-0.39, 0.29) is 10.9 Å². The maximum atomic E-state index is 5.84. The number of nitrogens with zero attached hydrogens (tertiary/aromatic N) is 3. The molecule has 0 saturated carbocycles. The fourth-order valence-corrected chi connectivity index (χ4v) is 1.63. The van der Waals surface area contributed by atoms with E-state index in [0.717, 1.165) is 0 Å². The van der Waals surface area contributed by atoms with E-state index in [9.17, 15) is 0 Å². The Balaban J connectivity index is 2.62. The maximum Gasteiger partial charge on any atom is 0.227 e. The number of hydrogen-bond acceptors (Lipinski definition) is 4. The predicted octanol–water partition coefficient (Wildman–Crippen LogP) is 3.51. The summed E-state index contributed by atoms with van der Waals surface area (Å²) in [4.78, 5) is 12.1. The summed E-state index contributed by atoms with van der Waals surface area (Å²) < 4.78 is 5.72. The summed E-state index contributed by atoms with van der Waals surface area (Å²) >= 11 is 11.6. The zero-order chi connectivity index (χ0) is 12.6. The van der Waals surface area contributed by atoms with Crippen LogP contribution in [0, 0.1) is 0 Å². The molecule has 0 aromatic carbocycles. The Hall–Kier alpha value is -1.13. The average Bonchev–Trinajstić information content (AvgIpc) is 2.13. The van der Waals surface area contributed by atoms with E-state index < -0.39 is 0 Å². The molecular weight excluding hydrogens is 261 g/mol. The number of aromatic nitrogens is 3. The minimum absolute atomic E-state index is 0.124. The van der Waals surface area contributed by atoms with Crippen LogP contribution in [0.15, 0.2) is 12.3 Å². The van der Waals surface area contributed by atoms with Gasteiger partial charge in [0.1, 0.15) is 10.8 Å². The van der Waals surface area contributed by atoms with Gasteiger partial charge in [-0.3, -0.25) is 0 Å². The summed E-state index contributed by atoms with van der Waals surface area (Å²) in [6.45, 7) is 5.79. The standard InChI is InChI=1S/C11H11Cl2N3O/c1-11(2,3)17-9-6-5-14-8(12)4-7(6)15-10(13)16-9/h4-5H,1-3H3.